The molecule has 0 heterocycles. The third kappa shape index (κ3) is 4.00. The lowest BCUT2D eigenvalue weighted by molar-refractivity contribution is 0.0437. The summed E-state index contributed by atoms with van der Waals surface area (Å²) in [6.07, 6.45) is 0. The lowest BCUT2D eigenvalue weighted by Gasteiger charge is -2.07. The summed E-state index contributed by atoms with van der Waals surface area (Å²) in [5.74, 6) is -2.05. The molecule has 5 nitrogen and oxygen atoms in total. The van der Waals surface area contributed by atoms with Gasteiger partial charge in [-0.15, -0.1) is 0 Å². The number of rotatable bonds is 6. The van der Waals surface area contributed by atoms with Crippen molar-refractivity contribution < 1.29 is 26.8 Å². The van der Waals surface area contributed by atoms with E-state index in [1.165, 1.54) is 7.11 Å². The van der Waals surface area contributed by atoms with Gasteiger partial charge in [0, 0.05) is 13.2 Å². The third-order valence-corrected chi connectivity index (χ3v) is 2.99. The molecule has 1 N–H and O–H groups in total. The molecular formula is C9H11F2NO4S. The Hall–Kier alpha value is -1.09. The Balaban J connectivity index is 2.76. The van der Waals surface area contributed by atoms with Crippen molar-refractivity contribution in [1.29, 1.82) is 0 Å². The van der Waals surface area contributed by atoms with Gasteiger partial charge in [0.1, 0.15) is 16.5 Å². The minimum absolute atomic E-state index is 0.0292. The van der Waals surface area contributed by atoms with Crippen LogP contribution < -0.4 is 4.89 Å². The van der Waals surface area contributed by atoms with Gasteiger partial charge < -0.3 is 4.74 Å². The summed E-state index contributed by atoms with van der Waals surface area (Å²) in [6.45, 7) is 0.146. The average Bonchev–Trinajstić information content (AvgIpc) is 2.24. The first kappa shape index (κ1) is 14.0. The van der Waals surface area contributed by atoms with Gasteiger partial charge in [0.15, 0.2) is 0 Å². The fraction of sp³-hybridized carbons (Fsp3) is 0.333. The van der Waals surface area contributed by atoms with Crippen molar-refractivity contribution in [3.63, 3.8) is 0 Å². The van der Waals surface area contributed by atoms with Crippen molar-refractivity contribution in [2.45, 2.75) is 4.90 Å². The number of ether oxygens (including phenoxy) is 1. The molecule has 96 valence electrons. The van der Waals surface area contributed by atoms with E-state index >= 15 is 0 Å². The van der Waals surface area contributed by atoms with E-state index in [4.69, 9.17) is 0 Å². The first-order chi connectivity index (χ1) is 7.97. The monoisotopic (exact) mass is 267 g/mol. The number of nitrogens with one attached hydrogen (secondary N) is 1. The van der Waals surface area contributed by atoms with Crippen LogP contribution in [0.3, 0.4) is 0 Å². The van der Waals surface area contributed by atoms with Crippen LogP contribution in [0.1, 0.15) is 0 Å². The number of hydrogen-bond acceptors (Lipinski definition) is 4. The summed E-state index contributed by atoms with van der Waals surface area (Å²) in [5.41, 5.74) is 0. The number of halogens is 2. The molecule has 0 saturated carbocycles. The minimum Gasteiger partial charge on any atom is -0.382 e. The maximum atomic E-state index is 13.2. The van der Waals surface area contributed by atoms with Crippen molar-refractivity contribution in [2.24, 2.45) is 0 Å². The summed E-state index contributed by atoms with van der Waals surface area (Å²) >= 11 is 0. The maximum absolute atomic E-state index is 13.2. The van der Waals surface area contributed by atoms with E-state index in [0.717, 1.165) is 12.1 Å². The van der Waals surface area contributed by atoms with Crippen molar-refractivity contribution in [2.75, 3.05) is 20.3 Å². The molecule has 0 unspecified atom stereocenters. The van der Waals surface area contributed by atoms with Crippen LogP contribution in [0.4, 0.5) is 8.78 Å². The molecule has 0 aliphatic rings. The van der Waals surface area contributed by atoms with Gasteiger partial charge in [0.05, 0.1) is 13.2 Å². The maximum Gasteiger partial charge on any atom is 0.265 e. The van der Waals surface area contributed by atoms with E-state index in [2.05, 4.69) is 9.57 Å². The predicted octanol–water partition coefficient (Wildman–Crippen LogP) is 0.821. The molecule has 0 radical (unpaired) electrons. The number of sulfonamides is 1. The lowest BCUT2D eigenvalue weighted by atomic mass is 10.3. The summed E-state index contributed by atoms with van der Waals surface area (Å²) < 4.78 is 53.4. The number of methoxy groups -OCH3 is 1. The normalized spacial score (nSPS) is 11.7. The molecule has 0 bridgehead atoms. The molecule has 0 fully saturated rings. The van der Waals surface area contributed by atoms with E-state index in [1.807, 2.05) is 0 Å². The molecule has 8 heteroatoms. The highest BCUT2D eigenvalue weighted by atomic mass is 32.2. The van der Waals surface area contributed by atoms with Crippen LogP contribution in [0.5, 0.6) is 0 Å². The van der Waals surface area contributed by atoms with Crippen LogP contribution in [0.2, 0.25) is 0 Å². The van der Waals surface area contributed by atoms with Crippen molar-refractivity contribution in [1.82, 2.24) is 4.89 Å². The predicted molar refractivity (Wildman–Crippen MR) is 54.5 cm³/mol. The zero-order valence-electron chi connectivity index (χ0n) is 8.94. The summed E-state index contributed by atoms with van der Waals surface area (Å²) in [4.78, 5) is 5.57. The molecular weight excluding hydrogens is 256 g/mol. The van der Waals surface area contributed by atoms with Crippen LogP contribution in [-0.4, -0.2) is 28.7 Å². The molecule has 0 amide bonds. The SMILES string of the molecule is COCCONS(=O)(=O)c1ccc(F)cc1F. The highest BCUT2D eigenvalue weighted by Gasteiger charge is 2.19. The first-order valence-electron chi connectivity index (χ1n) is 4.55. The zero-order chi connectivity index (χ0) is 12.9. The smallest absolute Gasteiger partial charge is 0.265 e. The average molecular weight is 267 g/mol. The topological polar surface area (TPSA) is 64.6 Å². The van der Waals surface area contributed by atoms with E-state index < -0.39 is 26.6 Å². The number of hydrogen-bond donors (Lipinski definition) is 1. The second kappa shape index (κ2) is 6.01. The largest absolute Gasteiger partial charge is 0.382 e. The van der Waals surface area contributed by atoms with Gasteiger partial charge in [-0.3, -0.25) is 4.84 Å². The van der Waals surface area contributed by atoms with Gasteiger partial charge in [0.25, 0.3) is 10.0 Å². The van der Waals surface area contributed by atoms with Crippen LogP contribution in [0.25, 0.3) is 0 Å². The highest BCUT2D eigenvalue weighted by molar-refractivity contribution is 7.89. The Bertz CT molecular complexity index is 478. The first-order valence-corrected chi connectivity index (χ1v) is 6.03. The molecule has 0 atom stereocenters. The minimum atomic E-state index is -4.16. The fourth-order valence-electron chi connectivity index (χ4n) is 0.982. The standard InChI is InChI=1S/C9H11F2NO4S/c1-15-4-5-16-12-17(13,14)9-3-2-7(10)6-8(9)11/h2-3,6,12H,4-5H2,1H3. The van der Waals surface area contributed by atoms with Gasteiger partial charge in [-0.1, -0.05) is 4.89 Å². The highest BCUT2D eigenvalue weighted by Crippen LogP contribution is 2.14. The zero-order valence-corrected chi connectivity index (χ0v) is 9.76. The Morgan fingerprint density at radius 1 is 1.29 bits per heavy atom. The Morgan fingerprint density at radius 3 is 2.59 bits per heavy atom. The van der Waals surface area contributed by atoms with E-state index in [0.29, 0.717) is 6.07 Å². The quantitative estimate of drug-likeness (QED) is 0.612. The molecule has 0 aromatic heterocycles. The van der Waals surface area contributed by atoms with E-state index in [9.17, 15) is 17.2 Å². The molecule has 0 aliphatic heterocycles. The second-order valence-corrected chi connectivity index (χ2v) is 4.62. The Morgan fingerprint density at radius 2 is 2.00 bits per heavy atom. The van der Waals surface area contributed by atoms with Crippen molar-refractivity contribution >= 4 is 10.0 Å². The van der Waals surface area contributed by atoms with Gasteiger partial charge in [-0.2, -0.15) is 0 Å². The molecule has 1 aromatic carbocycles. The van der Waals surface area contributed by atoms with Gasteiger partial charge in [-0.05, 0) is 12.1 Å². The van der Waals surface area contributed by atoms with Crippen LogP contribution >= 0.6 is 0 Å². The molecule has 1 rings (SSSR count). The lowest BCUT2D eigenvalue weighted by Crippen LogP contribution is -2.26. The third-order valence-electron chi connectivity index (χ3n) is 1.74. The van der Waals surface area contributed by atoms with E-state index in [1.54, 1.807) is 4.89 Å². The summed E-state index contributed by atoms with van der Waals surface area (Å²) in [5, 5.41) is 0. The molecule has 1 aromatic rings. The van der Waals surface area contributed by atoms with Gasteiger partial charge in [-0.25, -0.2) is 17.2 Å². The van der Waals surface area contributed by atoms with Gasteiger partial charge >= 0.3 is 0 Å². The van der Waals surface area contributed by atoms with Gasteiger partial charge in [0.2, 0.25) is 0 Å². The second-order valence-electron chi connectivity index (χ2n) is 3.00. The Labute approximate surface area is 97.3 Å². The fourth-order valence-corrected chi connectivity index (χ4v) is 1.87. The van der Waals surface area contributed by atoms with Crippen LogP contribution in [0.15, 0.2) is 23.1 Å². The van der Waals surface area contributed by atoms with E-state index in [-0.39, 0.29) is 13.2 Å². The molecule has 0 aliphatic carbocycles. The van der Waals surface area contributed by atoms with Crippen LogP contribution in [-0.2, 0) is 19.6 Å². The molecule has 0 saturated heterocycles. The summed E-state index contributed by atoms with van der Waals surface area (Å²) in [7, 11) is -2.74. The summed E-state index contributed by atoms with van der Waals surface area (Å²) in [6, 6.07) is 2.13. The molecule has 0 spiro atoms. The van der Waals surface area contributed by atoms with Crippen molar-refractivity contribution in [3.05, 3.63) is 29.8 Å². The Kier molecular flexibility index (Phi) is 4.94. The van der Waals surface area contributed by atoms with Crippen LogP contribution in [0, 0.1) is 11.6 Å². The van der Waals surface area contributed by atoms with Crippen molar-refractivity contribution in [3.8, 4) is 0 Å². The molecule has 17 heavy (non-hydrogen) atoms. The number of benzene rings is 1.